The zero-order chi connectivity index (χ0) is 13.2. The van der Waals surface area contributed by atoms with Crippen molar-refractivity contribution in [1.82, 2.24) is 19.9 Å². The van der Waals surface area contributed by atoms with E-state index < -0.39 is 5.97 Å². The maximum absolute atomic E-state index is 11.0. The summed E-state index contributed by atoms with van der Waals surface area (Å²) in [5, 5.41) is 9.04. The Balaban J connectivity index is 1.92. The number of carboxylic acids is 1. The van der Waals surface area contributed by atoms with Crippen molar-refractivity contribution in [3.63, 3.8) is 0 Å². The molecule has 0 fully saturated rings. The summed E-state index contributed by atoms with van der Waals surface area (Å²) in [5.41, 5.74) is 2.48. The van der Waals surface area contributed by atoms with Crippen LogP contribution in [0.1, 0.15) is 17.7 Å². The molecule has 1 N–H and O–H groups in total. The van der Waals surface area contributed by atoms with E-state index in [-0.39, 0.29) is 5.92 Å². The first-order chi connectivity index (χ1) is 9.24. The number of carboxylic acid groups (broad SMARTS) is 1. The summed E-state index contributed by atoms with van der Waals surface area (Å²) in [6, 6.07) is 0. The zero-order valence-corrected chi connectivity index (χ0v) is 10.2. The molecule has 0 aromatic carbocycles. The van der Waals surface area contributed by atoms with Gasteiger partial charge in [0.2, 0.25) is 0 Å². The second kappa shape index (κ2) is 4.72. The minimum Gasteiger partial charge on any atom is -0.481 e. The van der Waals surface area contributed by atoms with Crippen molar-refractivity contribution in [2.75, 3.05) is 0 Å². The van der Waals surface area contributed by atoms with Crippen LogP contribution in [0.5, 0.6) is 0 Å². The van der Waals surface area contributed by atoms with Crippen molar-refractivity contribution < 1.29 is 9.90 Å². The van der Waals surface area contributed by atoms with Crippen LogP contribution in [0, 0.1) is 5.92 Å². The predicted octanol–water partition coefficient (Wildman–Crippen LogP) is 1.12. The van der Waals surface area contributed by atoms with Crippen LogP contribution in [0.4, 0.5) is 0 Å². The molecule has 1 unspecified atom stereocenters. The van der Waals surface area contributed by atoms with Gasteiger partial charge in [0, 0.05) is 24.3 Å². The van der Waals surface area contributed by atoms with E-state index in [4.69, 9.17) is 5.11 Å². The van der Waals surface area contributed by atoms with E-state index in [9.17, 15) is 4.79 Å². The molecule has 0 amide bonds. The van der Waals surface area contributed by atoms with Crippen molar-refractivity contribution in [2.24, 2.45) is 5.92 Å². The fourth-order valence-electron chi connectivity index (χ4n) is 2.26. The molecule has 6 heteroatoms. The second-order valence-corrected chi connectivity index (χ2v) is 4.53. The van der Waals surface area contributed by atoms with Gasteiger partial charge < -0.3 is 5.11 Å². The Morgan fingerprint density at radius 3 is 2.89 bits per heavy atom. The summed E-state index contributed by atoms with van der Waals surface area (Å²) in [6.45, 7) is 0. The molecule has 3 rings (SSSR count). The SMILES string of the molecule is O=C(O)C1CCc2nc(-c3cnccn3)ncc2C1. The minimum absolute atomic E-state index is 0.321. The molecule has 0 saturated carbocycles. The average Bonchev–Trinajstić information content (AvgIpc) is 2.47. The third-order valence-electron chi connectivity index (χ3n) is 3.29. The molecule has 1 atom stereocenters. The average molecular weight is 256 g/mol. The number of nitrogens with zero attached hydrogens (tertiary/aromatic N) is 4. The highest BCUT2D eigenvalue weighted by Gasteiger charge is 2.25. The van der Waals surface area contributed by atoms with Crippen molar-refractivity contribution in [2.45, 2.75) is 19.3 Å². The monoisotopic (exact) mass is 256 g/mol. The molecule has 0 saturated heterocycles. The van der Waals surface area contributed by atoms with Crippen molar-refractivity contribution in [3.05, 3.63) is 36.0 Å². The number of carbonyl (C=O) groups is 1. The lowest BCUT2D eigenvalue weighted by atomic mass is 9.87. The van der Waals surface area contributed by atoms with Gasteiger partial charge in [-0.25, -0.2) is 15.0 Å². The van der Waals surface area contributed by atoms with Crippen molar-refractivity contribution in [1.29, 1.82) is 0 Å². The van der Waals surface area contributed by atoms with E-state index in [1.54, 1.807) is 24.8 Å². The van der Waals surface area contributed by atoms with E-state index >= 15 is 0 Å². The summed E-state index contributed by atoms with van der Waals surface area (Å²) in [4.78, 5) is 27.9. The molecule has 96 valence electrons. The van der Waals surface area contributed by atoms with Gasteiger partial charge >= 0.3 is 5.97 Å². The lowest BCUT2D eigenvalue weighted by molar-refractivity contribution is -0.142. The molecule has 2 aromatic rings. The molecular formula is C13H12N4O2. The minimum atomic E-state index is -0.747. The fourth-order valence-corrected chi connectivity index (χ4v) is 2.26. The van der Waals surface area contributed by atoms with Gasteiger partial charge in [0.15, 0.2) is 5.82 Å². The van der Waals surface area contributed by atoms with Gasteiger partial charge in [0.05, 0.1) is 12.1 Å². The van der Waals surface area contributed by atoms with E-state index in [1.807, 2.05) is 0 Å². The van der Waals surface area contributed by atoms with Gasteiger partial charge in [0.25, 0.3) is 0 Å². The van der Waals surface area contributed by atoms with Crippen LogP contribution in [-0.2, 0) is 17.6 Å². The lowest BCUT2D eigenvalue weighted by Gasteiger charge is -2.20. The molecule has 2 heterocycles. The highest BCUT2D eigenvalue weighted by atomic mass is 16.4. The van der Waals surface area contributed by atoms with Gasteiger partial charge in [-0.15, -0.1) is 0 Å². The maximum atomic E-state index is 11.0. The maximum Gasteiger partial charge on any atom is 0.306 e. The topological polar surface area (TPSA) is 88.9 Å². The molecule has 0 bridgehead atoms. The molecule has 1 aliphatic carbocycles. The number of aryl methyl sites for hydroxylation is 1. The molecule has 19 heavy (non-hydrogen) atoms. The lowest BCUT2D eigenvalue weighted by Crippen LogP contribution is -2.23. The van der Waals surface area contributed by atoms with Gasteiger partial charge in [0.1, 0.15) is 5.69 Å². The highest BCUT2D eigenvalue weighted by molar-refractivity contribution is 5.70. The highest BCUT2D eigenvalue weighted by Crippen LogP contribution is 2.25. The van der Waals surface area contributed by atoms with Crippen LogP contribution in [0.25, 0.3) is 11.5 Å². The molecule has 0 aliphatic heterocycles. The van der Waals surface area contributed by atoms with E-state index in [2.05, 4.69) is 19.9 Å². The van der Waals surface area contributed by atoms with Crippen LogP contribution in [0.3, 0.4) is 0 Å². The number of hydrogen-bond donors (Lipinski definition) is 1. The first-order valence-corrected chi connectivity index (χ1v) is 6.08. The number of hydrogen-bond acceptors (Lipinski definition) is 5. The summed E-state index contributed by atoms with van der Waals surface area (Å²) >= 11 is 0. The third-order valence-corrected chi connectivity index (χ3v) is 3.29. The molecule has 0 radical (unpaired) electrons. The molecular weight excluding hydrogens is 244 g/mol. The van der Waals surface area contributed by atoms with Gasteiger partial charge in [-0.3, -0.25) is 9.78 Å². The zero-order valence-electron chi connectivity index (χ0n) is 10.2. The third kappa shape index (κ3) is 2.29. The van der Waals surface area contributed by atoms with Crippen LogP contribution in [0.15, 0.2) is 24.8 Å². The van der Waals surface area contributed by atoms with Gasteiger partial charge in [-0.05, 0) is 24.8 Å². The normalized spacial score (nSPS) is 17.8. The Morgan fingerprint density at radius 2 is 2.16 bits per heavy atom. The van der Waals surface area contributed by atoms with Gasteiger partial charge in [-0.2, -0.15) is 0 Å². The Morgan fingerprint density at radius 1 is 1.26 bits per heavy atom. The van der Waals surface area contributed by atoms with E-state index in [0.29, 0.717) is 30.8 Å². The Kier molecular flexibility index (Phi) is 2.91. The number of aliphatic carboxylic acids is 1. The van der Waals surface area contributed by atoms with Crippen LogP contribution in [-0.4, -0.2) is 31.0 Å². The van der Waals surface area contributed by atoms with Crippen LogP contribution < -0.4 is 0 Å². The van der Waals surface area contributed by atoms with Gasteiger partial charge in [-0.1, -0.05) is 0 Å². The smallest absolute Gasteiger partial charge is 0.306 e. The first kappa shape index (κ1) is 11.7. The fraction of sp³-hybridized carbons (Fsp3) is 0.308. The van der Waals surface area contributed by atoms with E-state index in [0.717, 1.165) is 11.3 Å². The molecule has 6 nitrogen and oxygen atoms in total. The van der Waals surface area contributed by atoms with Crippen LogP contribution >= 0.6 is 0 Å². The largest absolute Gasteiger partial charge is 0.481 e. The summed E-state index contributed by atoms with van der Waals surface area (Å²) in [6.07, 6.45) is 8.32. The van der Waals surface area contributed by atoms with Crippen molar-refractivity contribution >= 4 is 5.97 Å². The molecule has 1 aliphatic rings. The van der Waals surface area contributed by atoms with E-state index in [1.165, 1.54) is 0 Å². The summed E-state index contributed by atoms with van der Waals surface area (Å²) in [7, 11) is 0. The van der Waals surface area contributed by atoms with Crippen molar-refractivity contribution in [3.8, 4) is 11.5 Å². The Labute approximate surface area is 109 Å². The second-order valence-electron chi connectivity index (χ2n) is 4.53. The first-order valence-electron chi connectivity index (χ1n) is 6.08. The molecule has 0 spiro atoms. The summed E-state index contributed by atoms with van der Waals surface area (Å²) < 4.78 is 0. The predicted molar refractivity (Wildman–Crippen MR) is 66.2 cm³/mol. The number of fused-ring (bicyclic) bond motifs is 1. The standard InChI is InChI=1S/C13H12N4O2/c18-13(19)8-1-2-10-9(5-8)6-16-12(17-10)11-7-14-3-4-15-11/h3-4,6-8H,1-2,5H2,(H,18,19). The Bertz CT molecular complexity index is 615. The van der Waals surface area contributed by atoms with Crippen LogP contribution in [0.2, 0.25) is 0 Å². The summed E-state index contributed by atoms with van der Waals surface area (Å²) in [5.74, 6) is -0.525. The Hall–Kier alpha value is -2.37. The number of rotatable bonds is 2. The quantitative estimate of drug-likeness (QED) is 0.866. The number of aromatic nitrogens is 4. The molecule has 2 aromatic heterocycles.